The van der Waals surface area contributed by atoms with E-state index in [1.54, 1.807) is 0 Å². The first kappa shape index (κ1) is 15.0. The zero-order valence-corrected chi connectivity index (χ0v) is 13.8. The van der Waals surface area contributed by atoms with Crippen molar-refractivity contribution in [2.45, 2.75) is 45.7 Å². The molecule has 0 bridgehead atoms. The van der Waals surface area contributed by atoms with Crippen LogP contribution in [-0.4, -0.2) is 40.4 Å². The van der Waals surface area contributed by atoms with Crippen molar-refractivity contribution in [1.29, 1.82) is 0 Å². The lowest BCUT2D eigenvalue weighted by molar-refractivity contribution is 0.297. The van der Waals surface area contributed by atoms with Gasteiger partial charge in [-0.2, -0.15) is 5.10 Å². The molecule has 19 heavy (non-hydrogen) atoms. The van der Waals surface area contributed by atoms with Gasteiger partial charge in [-0.1, -0.05) is 6.92 Å². The summed E-state index contributed by atoms with van der Waals surface area (Å²) >= 11 is 3.67. The number of halogens is 1. The Hall–Kier alpha value is -0.390. The van der Waals surface area contributed by atoms with E-state index in [1.807, 2.05) is 11.7 Å². The Morgan fingerprint density at radius 1 is 1.37 bits per heavy atom. The number of rotatable bonds is 6. The second kappa shape index (κ2) is 6.86. The first-order valence-corrected chi connectivity index (χ1v) is 8.07. The normalized spacial score (nSPS) is 18.1. The topological polar surface area (TPSA) is 33.1 Å². The summed E-state index contributed by atoms with van der Waals surface area (Å²) in [5, 5.41) is 8.14. The monoisotopic (exact) mass is 328 g/mol. The van der Waals surface area contributed by atoms with Crippen LogP contribution in [0.2, 0.25) is 0 Å². The van der Waals surface area contributed by atoms with Gasteiger partial charge in [0, 0.05) is 26.2 Å². The highest BCUT2D eigenvalue weighted by Gasteiger charge is 2.16. The van der Waals surface area contributed by atoms with Crippen LogP contribution in [0, 0.1) is 0 Å². The standard InChI is InChI=1S/C14H25BrN4/c1-4-12-14(15)13(18(3)17-12)9-16-11(2)10-19-7-5-6-8-19/h11,16H,4-10H2,1-3H3. The van der Waals surface area contributed by atoms with E-state index in [2.05, 4.69) is 45.1 Å². The Balaban J connectivity index is 1.85. The second-order valence-electron chi connectivity index (χ2n) is 5.47. The van der Waals surface area contributed by atoms with E-state index in [0.717, 1.165) is 25.2 Å². The van der Waals surface area contributed by atoms with Crippen molar-refractivity contribution in [3.05, 3.63) is 15.9 Å². The molecule has 1 unspecified atom stereocenters. The summed E-state index contributed by atoms with van der Waals surface area (Å²) in [7, 11) is 2.02. The van der Waals surface area contributed by atoms with Crippen LogP contribution in [0.5, 0.6) is 0 Å². The first-order valence-electron chi connectivity index (χ1n) is 7.27. The maximum atomic E-state index is 4.53. The predicted molar refractivity (Wildman–Crippen MR) is 82.3 cm³/mol. The van der Waals surface area contributed by atoms with Crippen molar-refractivity contribution in [3.8, 4) is 0 Å². The van der Waals surface area contributed by atoms with E-state index >= 15 is 0 Å². The predicted octanol–water partition coefficient (Wildman–Crippen LogP) is 2.32. The molecule has 2 heterocycles. The van der Waals surface area contributed by atoms with E-state index in [4.69, 9.17) is 0 Å². The maximum Gasteiger partial charge on any atom is 0.0767 e. The quantitative estimate of drug-likeness (QED) is 0.869. The number of nitrogens with zero attached hydrogens (tertiary/aromatic N) is 3. The van der Waals surface area contributed by atoms with E-state index in [9.17, 15) is 0 Å². The van der Waals surface area contributed by atoms with Crippen LogP contribution in [-0.2, 0) is 20.0 Å². The maximum absolute atomic E-state index is 4.53. The fourth-order valence-corrected chi connectivity index (χ4v) is 3.46. The van der Waals surface area contributed by atoms with E-state index in [1.165, 1.54) is 36.1 Å². The van der Waals surface area contributed by atoms with Crippen LogP contribution in [0.1, 0.15) is 38.1 Å². The van der Waals surface area contributed by atoms with Crippen molar-refractivity contribution in [2.75, 3.05) is 19.6 Å². The summed E-state index contributed by atoms with van der Waals surface area (Å²) < 4.78 is 3.15. The Bertz CT molecular complexity index is 410. The zero-order chi connectivity index (χ0) is 13.8. The minimum atomic E-state index is 0.518. The molecular formula is C14H25BrN4. The lowest BCUT2D eigenvalue weighted by Gasteiger charge is -2.21. The first-order chi connectivity index (χ1) is 9.11. The molecule has 1 aliphatic heterocycles. The molecule has 5 heteroatoms. The summed E-state index contributed by atoms with van der Waals surface area (Å²) in [5.74, 6) is 0. The number of hydrogen-bond donors (Lipinski definition) is 1. The third-order valence-corrected chi connectivity index (χ3v) is 4.77. The number of hydrogen-bond acceptors (Lipinski definition) is 3. The lowest BCUT2D eigenvalue weighted by Crippen LogP contribution is -2.37. The molecule has 1 saturated heterocycles. The van der Waals surface area contributed by atoms with Crippen molar-refractivity contribution >= 4 is 15.9 Å². The van der Waals surface area contributed by atoms with Gasteiger partial charge < -0.3 is 10.2 Å². The molecule has 2 rings (SSSR count). The molecule has 1 aromatic heterocycles. The van der Waals surface area contributed by atoms with Gasteiger partial charge in [-0.05, 0) is 55.2 Å². The molecule has 0 amide bonds. The Morgan fingerprint density at radius 2 is 2.05 bits per heavy atom. The second-order valence-corrected chi connectivity index (χ2v) is 6.27. The van der Waals surface area contributed by atoms with Crippen molar-refractivity contribution in [3.63, 3.8) is 0 Å². The Labute approximate surface area is 124 Å². The van der Waals surface area contributed by atoms with Gasteiger partial charge in [0.1, 0.15) is 0 Å². The minimum absolute atomic E-state index is 0.518. The molecule has 0 radical (unpaired) electrons. The summed E-state index contributed by atoms with van der Waals surface area (Å²) in [6.07, 6.45) is 3.69. The summed E-state index contributed by atoms with van der Waals surface area (Å²) in [6.45, 7) is 8.96. The third kappa shape index (κ3) is 3.80. The zero-order valence-electron chi connectivity index (χ0n) is 12.2. The van der Waals surface area contributed by atoms with Crippen LogP contribution in [0.3, 0.4) is 0 Å². The number of aryl methyl sites for hydroxylation is 2. The van der Waals surface area contributed by atoms with Crippen LogP contribution < -0.4 is 5.32 Å². The lowest BCUT2D eigenvalue weighted by atomic mass is 10.2. The molecule has 0 saturated carbocycles. The van der Waals surface area contributed by atoms with Gasteiger partial charge in [-0.15, -0.1) is 0 Å². The fraction of sp³-hybridized carbons (Fsp3) is 0.786. The molecule has 108 valence electrons. The summed E-state index contributed by atoms with van der Waals surface area (Å²) in [6, 6.07) is 0.518. The molecule has 1 aromatic rings. The molecule has 0 aromatic carbocycles. The SMILES string of the molecule is CCc1nn(C)c(CNC(C)CN2CCCC2)c1Br. The average Bonchev–Trinajstić information content (AvgIpc) is 2.96. The van der Waals surface area contributed by atoms with Gasteiger partial charge in [0.25, 0.3) is 0 Å². The number of nitrogens with one attached hydrogen (secondary N) is 1. The van der Waals surface area contributed by atoms with Gasteiger partial charge in [0.05, 0.1) is 15.9 Å². The molecule has 4 nitrogen and oxygen atoms in total. The Morgan fingerprint density at radius 3 is 2.63 bits per heavy atom. The molecule has 1 aliphatic rings. The third-order valence-electron chi connectivity index (χ3n) is 3.85. The van der Waals surface area contributed by atoms with Crippen LogP contribution in [0.15, 0.2) is 4.47 Å². The van der Waals surface area contributed by atoms with Gasteiger partial charge >= 0.3 is 0 Å². The van der Waals surface area contributed by atoms with Gasteiger partial charge in [-0.3, -0.25) is 4.68 Å². The van der Waals surface area contributed by atoms with E-state index in [0.29, 0.717) is 6.04 Å². The highest BCUT2D eigenvalue weighted by molar-refractivity contribution is 9.10. The number of aromatic nitrogens is 2. The molecular weight excluding hydrogens is 304 g/mol. The molecule has 0 aliphatic carbocycles. The smallest absolute Gasteiger partial charge is 0.0767 e. The van der Waals surface area contributed by atoms with Gasteiger partial charge in [-0.25, -0.2) is 0 Å². The van der Waals surface area contributed by atoms with Gasteiger partial charge in [0.15, 0.2) is 0 Å². The summed E-state index contributed by atoms with van der Waals surface area (Å²) in [4.78, 5) is 2.55. The van der Waals surface area contributed by atoms with Crippen LogP contribution in [0.4, 0.5) is 0 Å². The Kier molecular flexibility index (Phi) is 5.42. The molecule has 0 spiro atoms. The van der Waals surface area contributed by atoms with Crippen molar-refractivity contribution in [1.82, 2.24) is 20.0 Å². The summed E-state index contributed by atoms with van der Waals surface area (Å²) in [5.41, 5.74) is 2.39. The van der Waals surface area contributed by atoms with Crippen LogP contribution in [0.25, 0.3) is 0 Å². The van der Waals surface area contributed by atoms with Gasteiger partial charge in [0.2, 0.25) is 0 Å². The minimum Gasteiger partial charge on any atom is -0.307 e. The highest BCUT2D eigenvalue weighted by Crippen LogP contribution is 2.21. The fourth-order valence-electron chi connectivity index (χ4n) is 2.70. The average molecular weight is 329 g/mol. The molecule has 1 N–H and O–H groups in total. The van der Waals surface area contributed by atoms with Crippen LogP contribution >= 0.6 is 15.9 Å². The molecule has 1 fully saturated rings. The largest absolute Gasteiger partial charge is 0.307 e. The van der Waals surface area contributed by atoms with Crippen molar-refractivity contribution in [2.24, 2.45) is 7.05 Å². The van der Waals surface area contributed by atoms with E-state index in [-0.39, 0.29) is 0 Å². The van der Waals surface area contributed by atoms with Crippen molar-refractivity contribution < 1.29 is 0 Å². The van der Waals surface area contributed by atoms with E-state index < -0.39 is 0 Å². The highest BCUT2D eigenvalue weighted by atomic mass is 79.9. The number of likely N-dealkylation sites (tertiary alicyclic amines) is 1. The molecule has 1 atom stereocenters.